The van der Waals surface area contributed by atoms with Crippen molar-refractivity contribution in [3.05, 3.63) is 0 Å². The van der Waals surface area contributed by atoms with Crippen molar-refractivity contribution in [3.63, 3.8) is 0 Å². The fourth-order valence-electron chi connectivity index (χ4n) is 1.02. The van der Waals surface area contributed by atoms with Gasteiger partial charge in [-0.2, -0.15) is 0 Å². The van der Waals surface area contributed by atoms with E-state index in [2.05, 4.69) is 0 Å². The van der Waals surface area contributed by atoms with Crippen LogP contribution in [0.25, 0.3) is 0 Å². The molecule has 2 N–H and O–H groups in total. The average molecular weight is 157 g/mol. The molecule has 0 aliphatic carbocycles. The highest BCUT2D eigenvalue weighted by Crippen LogP contribution is 2.12. The van der Waals surface area contributed by atoms with E-state index in [4.69, 9.17) is 10.5 Å². The Morgan fingerprint density at radius 3 is 2.64 bits per heavy atom. The molecule has 64 valence electrons. The highest BCUT2D eigenvalue weighted by molar-refractivity contribution is 5.70. The predicted molar refractivity (Wildman–Crippen MR) is 44.1 cm³/mol. The molecule has 0 saturated heterocycles. The van der Waals surface area contributed by atoms with Gasteiger partial charge in [0.05, 0.1) is 5.92 Å². The van der Waals surface area contributed by atoms with Gasteiger partial charge in [-0.1, -0.05) is 13.3 Å². The molecule has 0 aromatic rings. The number of nitrogens with one attached hydrogen (secondary N) is 1. The molecule has 3 nitrogen and oxygen atoms in total. The average Bonchev–Trinajstić information content (AvgIpc) is 1.97. The van der Waals surface area contributed by atoms with Gasteiger partial charge in [-0.3, -0.25) is 4.79 Å². The SMILES string of the molecule is CCCC(CCC=N)C(=O)O. The molecule has 0 rings (SSSR count). The molecule has 0 aromatic heterocycles. The molecule has 1 unspecified atom stereocenters. The maximum Gasteiger partial charge on any atom is 0.306 e. The second-order valence-electron chi connectivity index (χ2n) is 2.61. The van der Waals surface area contributed by atoms with Gasteiger partial charge in [-0.05, 0) is 25.5 Å². The predicted octanol–water partition coefficient (Wildman–Crippen LogP) is 1.92. The summed E-state index contributed by atoms with van der Waals surface area (Å²) in [7, 11) is 0. The van der Waals surface area contributed by atoms with Crippen LogP contribution in [0, 0.1) is 11.3 Å². The lowest BCUT2D eigenvalue weighted by atomic mass is 9.99. The highest BCUT2D eigenvalue weighted by atomic mass is 16.4. The van der Waals surface area contributed by atoms with Crippen LogP contribution in [-0.2, 0) is 4.79 Å². The molecule has 0 bridgehead atoms. The molecular weight excluding hydrogens is 142 g/mol. The summed E-state index contributed by atoms with van der Waals surface area (Å²) in [6.45, 7) is 1.97. The van der Waals surface area contributed by atoms with E-state index in [-0.39, 0.29) is 5.92 Å². The zero-order chi connectivity index (χ0) is 8.69. The lowest BCUT2D eigenvalue weighted by Gasteiger charge is -2.07. The van der Waals surface area contributed by atoms with Crippen molar-refractivity contribution in [2.75, 3.05) is 0 Å². The summed E-state index contributed by atoms with van der Waals surface area (Å²) < 4.78 is 0. The van der Waals surface area contributed by atoms with Crippen molar-refractivity contribution in [2.45, 2.75) is 32.6 Å². The van der Waals surface area contributed by atoms with Crippen LogP contribution in [0.15, 0.2) is 0 Å². The number of hydrogen-bond donors (Lipinski definition) is 2. The van der Waals surface area contributed by atoms with Crippen molar-refractivity contribution in [1.82, 2.24) is 0 Å². The van der Waals surface area contributed by atoms with Gasteiger partial charge in [0.25, 0.3) is 0 Å². The molecule has 1 atom stereocenters. The molecule has 0 aromatic carbocycles. The largest absolute Gasteiger partial charge is 0.481 e. The molecule has 11 heavy (non-hydrogen) atoms. The fourth-order valence-corrected chi connectivity index (χ4v) is 1.02. The molecule has 0 spiro atoms. The van der Waals surface area contributed by atoms with Crippen LogP contribution in [0.1, 0.15) is 32.6 Å². The van der Waals surface area contributed by atoms with Crippen LogP contribution in [0.2, 0.25) is 0 Å². The Labute approximate surface area is 66.9 Å². The minimum absolute atomic E-state index is 0.249. The zero-order valence-corrected chi connectivity index (χ0v) is 6.84. The number of carboxylic acids is 1. The first-order valence-electron chi connectivity index (χ1n) is 3.94. The summed E-state index contributed by atoms with van der Waals surface area (Å²) in [6.07, 6.45) is 4.08. The van der Waals surface area contributed by atoms with Crippen LogP contribution in [0.4, 0.5) is 0 Å². The van der Waals surface area contributed by atoms with E-state index in [0.29, 0.717) is 12.8 Å². The molecule has 0 aliphatic rings. The Morgan fingerprint density at radius 2 is 2.27 bits per heavy atom. The second-order valence-corrected chi connectivity index (χ2v) is 2.61. The van der Waals surface area contributed by atoms with Gasteiger partial charge in [-0.15, -0.1) is 0 Å². The molecular formula is C8H15NO2. The smallest absolute Gasteiger partial charge is 0.306 e. The van der Waals surface area contributed by atoms with E-state index in [1.807, 2.05) is 6.92 Å². The van der Waals surface area contributed by atoms with E-state index in [1.54, 1.807) is 0 Å². The summed E-state index contributed by atoms with van der Waals surface area (Å²) in [5.41, 5.74) is 0. The Kier molecular flexibility index (Phi) is 5.43. The topological polar surface area (TPSA) is 61.2 Å². The molecule has 0 heterocycles. The van der Waals surface area contributed by atoms with Crippen LogP contribution < -0.4 is 0 Å². The van der Waals surface area contributed by atoms with Crippen LogP contribution >= 0.6 is 0 Å². The summed E-state index contributed by atoms with van der Waals surface area (Å²) in [5.74, 6) is -0.977. The maximum absolute atomic E-state index is 10.5. The normalized spacial score (nSPS) is 12.5. The summed E-state index contributed by atoms with van der Waals surface area (Å²) in [6, 6.07) is 0. The summed E-state index contributed by atoms with van der Waals surface area (Å²) >= 11 is 0. The number of hydrogen-bond acceptors (Lipinski definition) is 2. The van der Waals surface area contributed by atoms with E-state index in [9.17, 15) is 4.79 Å². The lowest BCUT2D eigenvalue weighted by Crippen LogP contribution is -2.13. The minimum Gasteiger partial charge on any atom is -0.481 e. The molecule has 0 fully saturated rings. The summed E-state index contributed by atoms with van der Waals surface area (Å²) in [5, 5.41) is 15.4. The number of aliphatic carboxylic acids is 1. The molecule has 0 amide bonds. The first kappa shape index (κ1) is 10.1. The monoisotopic (exact) mass is 157 g/mol. The number of carbonyl (C=O) groups is 1. The number of carboxylic acid groups (broad SMARTS) is 1. The zero-order valence-electron chi connectivity index (χ0n) is 6.84. The van der Waals surface area contributed by atoms with Crippen LogP contribution in [0.3, 0.4) is 0 Å². The standard InChI is InChI=1S/C8H15NO2/c1-2-4-7(8(10)11)5-3-6-9/h6-7,9H,2-5H2,1H3,(H,10,11). The van der Waals surface area contributed by atoms with Gasteiger partial charge in [0.15, 0.2) is 0 Å². The van der Waals surface area contributed by atoms with Crippen molar-refractivity contribution < 1.29 is 9.90 Å². The quantitative estimate of drug-likeness (QED) is 0.578. The van der Waals surface area contributed by atoms with Gasteiger partial charge < -0.3 is 10.5 Å². The van der Waals surface area contributed by atoms with Gasteiger partial charge >= 0.3 is 5.97 Å². The van der Waals surface area contributed by atoms with Gasteiger partial charge in [0.2, 0.25) is 0 Å². The van der Waals surface area contributed by atoms with E-state index in [1.165, 1.54) is 6.21 Å². The Balaban J connectivity index is 3.68. The Hall–Kier alpha value is -0.860. The van der Waals surface area contributed by atoms with E-state index < -0.39 is 5.97 Å². The molecule has 0 radical (unpaired) electrons. The number of rotatable bonds is 6. The van der Waals surface area contributed by atoms with Crippen LogP contribution in [0.5, 0.6) is 0 Å². The first-order valence-corrected chi connectivity index (χ1v) is 3.94. The van der Waals surface area contributed by atoms with Crippen molar-refractivity contribution in [1.29, 1.82) is 5.41 Å². The first-order chi connectivity index (χ1) is 5.22. The third-order valence-corrected chi connectivity index (χ3v) is 1.65. The Morgan fingerprint density at radius 1 is 1.64 bits per heavy atom. The third-order valence-electron chi connectivity index (χ3n) is 1.65. The van der Waals surface area contributed by atoms with Gasteiger partial charge in [0.1, 0.15) is 0 Å². The Bertz CT molecular complexity index is 134. The fraction of sp³-hybridized carbons (Fsp3) is 0.750. The van der Waals surface area contributed by atoms with E-state index >= 15 is 0 Å². The molecule has 0 aliphatic heterocycles. The van der Waals surface area contributed by atoms with Gasteiger partial charge in [0, 0.05) is 0 Å². The summed E-state index contributed by atoms with van der Waals surface area (Å²) in [4.78, 5) is 10.5. The van der Waals surface area contributed by atoms with E-state index in [0.717, 1.165) is 12.8 Å². The highest BCUT2D eigenvalue weighted by Gasteiger charge is 2.14. The lowest BCUT2D eigenvalue weighted by molar-refractivity contribution is -0.142. The maximum atomic E-state index is 10.5. The second kappa shape index (κ2) is 5.89. The van der Waals surface area contributed by atoms with Crippen molar-refractivity contribution in [2.24, 2.45) is 5.92 Å². The van der Waals surface area contributed by atoms with Crippen molar-refractivity contribution >= 4 is 12.2 Å². The third kappa shape index (κ3) is 4.53. The van der Waals surface area contributed by atoms with Gasteiger partial charge in [-0.25, -0.2) is 0 Å². The molecule has 0 saturated carbocycles. The van der Waals surface area contributed by atoms with Crippen LogP contribution in [-0.4, -0.2) is 17.3 Å². The van der Waals surface area contributed by atoms with Crippen molar-refractivity contribution in [3.8, 4) is 0 Å². The minimum atomic E-state index is -0.728. The molecule has 3 heteroatoms.